The first-order valence-electron chi connectivity index (χ1n) is 6.17. The minimum atomic E-state index is 0.716. The molecule has 0 spiro atoms. The Balaban J connectivity index is 1.78. The SMILES string of the molecule is Cc1nc(Br)ccc1NCc1cn[nH]c1-c1cccs1. The summed E-state index contributed by atoms with van der Waals surface area (Å²) in [5.74, 6) is 0. The monoisotopic (exact) mass is 348 g/mol. The molecule has 0 bridgehead atoms. The predicted octanol–water partition coefficient (Wildman–Crippen LogP) is 4.22. The van der Waals surface area contributed by atoms with Gasteiger partial charge in [0.05, 0.1) is 28.1 Å². The zero-order chi connectivity index (χ0) is 13.9. The summed E-state index contributed by atoms with van der Waals surface area (Å²) in [6, 6.07) is 8.09. The van der Waals surface area contributed by atoms with Crippen LogP contribution >= 0.6 is 27.3 Å². The molecule has 0 fully saturated rings. The molecule has 3 aromatic heterocycles. The number of thiophene rings is 1. The number of H-pyrrole nitrogens is 1. The van der Waals surface area contributed by atoms with Crippen LogP contribution in [0.3, 0.4) is 0 Å². The molecule has 3 aromatic rings. The van der Waals surface area contributed by atoms with E-state index in [0.717, 1.165) is 27.2 Å². The largest absolute Gasteiger partial charge is 0.379 e. The number of aromatic nitrogens is 3. The van der Waals surface area contributed by atoms with Crippen LogP contribution in [0.2, 0.25) is 0 Å². The third-order valence-corrected chi connectivity index (χ3v) is 4.34. The summed E-state index contributed by atoms with van der Waals surface area (Å²) in [6.07, 6.45) is 1.86. The maximum Gasteiger partial charge on any atom is 0.106 e. The number of aryl methyl sites for hydroxylation is 1. The Bertz CT molecular complexity index is 706. The quantitative estimate of drug-likeness (QED) is 0.694. The molecule has 0 amide bonds. The molecule has 4 nitrogen and oxygen atoms in total. The van der Waals surface area contributed by atoms with Crippen LogP contribution in [0.4, 0.5) is 5.69 Å². The van der Waals surface area contributed by atoms with Crippen LogP contribution in [0.25, 0.3) is 10.6 Å². The van der Waals surface area contributed by atoms with Gasteiger partial charge in [0.15, 0.2) is 0 Å². The predicted molar refractivity (Wildman–Crippen MR) is 85.9 cm³/mol. The Morgan fingerprint density at radius 1 is 1.35 bits per heavy atom. The van der Waals surface area contributed by atoms with Gasteiger partial charge in [-0.1, -0.05) is 6.07 Å². The van der Waals surface area contributed by atoms with Crippen molar-refractivity contribution in [2.75, 3.05) is 5.32 Å². The third kappa shape index (κ3) is 2.76. The van der Waals surface area contributed by atoms with Gasteiger partial charge in [0.2, 0.25) is 0 Å². The van der Waals surface area contributed by atoms with E-state index in [2.05, 4.69) is 47.9 Å². The van der Waals surface area contributed by atoms with Crippen LogP contribution < -0.4 is 5.32 Å². The molecule has 3 heterocycles. The van der Waals surface area contributed by atoms with Crippen molar-refractivity contribution in [3.05, 3.63) is 51.7 Å². The molecule has 0 aliphatic carbocycles. The lowest BCUT2D eigenvalue weighted by Gasteiger charge is -2.09. The van der Waals surface area contributed by atoms with E-state index in [-0.39, 0.29) is 0 Å². The second-order valence-corrected chi connectivity index (χ2v) is 6.13. The zero-order valence-electron chi connectivity index (χ0n) is 10.9. The molecule has 0 aromatic carbocycles. The molecule has 20 heavy (non-hydrogen) atoms. The Morgan fingerprint density at radius 2 is 2.25 bits per heavy atom. The summed E-state index contributed by atoms with van der Waals surface area (Å²) in [4.78, 5) is 5.58. The van der Waals surface area contributed by atoms with E-state index in [1.807, 2.05) is 31.3 Å². The van der Waals surface area contributed by atoms with Gasteiger partial charge in [-0.15, -0.1) is 11.3 Å². The van der Waals surface area contributed by atoms with E-state index in [0.29, 0.717) is 6.54 Å². The normalized spacial score (nSPS) is 10.7. The Morgan fingerprint density at radius 3 is 3.00 bits per heavy atom. The summed E-state index contributed by atoms with van der Waals surface area (Å²) in [6.45, 7) is 2.70. The number of anilines is 1. The molecule has 0 unspecified atom stereocenters. The molecule has 6 heteroatoms. The van der Waals surface area contributed by atoms with Crippen molar-refractivity contribution >= 4 is 33.0 Å². The van der Waals surface area contributed by atoms with E-state index < -0.39 is 0 Å². The fourth-order valence-electron chi connectivity index (χ4n) is 1.99. The van der Waals surface area contributed by atoms with Gasteiger partial charge in [-0.2, -0.15) is 5.10 Å². The number of hydrogen-bond donors (Lipinski definition) is 2. The van der Waals surface area contributed by atoms with Crippen LogP contribution in [0.1, 0.15) is 11.3 Å². The number of hydrogen-bond acceptors (Lipinski definition) is 4. The molecule has 0 atom stereocenters. The lowest BCUT2D eigenvalue weighted by atomic mass is 10.2. The maximum absolute atomic E-state index is 4.38. The van der Waals surface area contributed by atoms with Crippen LogP contribution in [0, 0.1) is 6.92 Å². The van der Waals surface area contributed by atoms with E-state index in [4.69, 9.17) is 0 Å². The van der Waals surface area contributed by atoms with Gasteiger partial charge in [-0.3, -0.25) is 5.10 Å². The summed E-state index contributed by atoms with van der Waals surface area (Å²) in [5, 5.41) is 12.7. The van der Waals surface area contributed by atoms with Gasteiger partial charge in [0.1, 0.15) is 4.60 Å². The second-order valence-electron chi connectivity index (χ2n) is 4.37. The highest BCUT2D eigenvalue weighted by Crippen LogP contribution is 2.26. The fraction of sp³-hybridized carbons (Fsp3) is 0.143. The van der Waals surface area contributed by atoms with E-state index in [9.17, 15) is 0 Å². The highest BCUT2D eigenvalue weighted by Gasteiger charge is 2.09. The first kappa shape index (κ1) is 13.3. The topological polar surface area (TPSA) is 53.6 Å². The lowest BCUT2D eigenvalue weighted by molar-refractivity contribution is 1.10. The van der Waals surface area contributed by atoms with Crippen LogP contribution in [0.5, 0.6) is 0 Å². The summed E-state index contributed by atoms with van der Waals surface area (Å²) in [5.41, 5.74) is 4.23. The number of aromatic amines is 1. The minimum absolute atomic E-state index is 0.716. The highest BCUT2D eigenvalue weighted by molar-refractivity contribution is 9.10. The van der Waals surface area contributed by atoms with Gasteiger partial charge in [-0.05, 0) is 46.4 Å². The van der Waals surface area contributed by atoms with Crippen molar-refractivity contribution < 1.29 is 0 Å². The smallest absolute Gasteiger partial charge is 0.106 e. The second kappa shape index (κ2) is 5.76. The molecule has 2 N–H and O–H groups in total. The van der Waals surface area contributed by atoms with Crippen molar-refractivity contribution in [2.45, 2.75) is 13.5 Å². The Labute approximate surface area is 129 Å². The highest BCUT2D eigenvalue weighted by atomic mass is 79.9. The molecule has 3 rings (SSSR count). The maximum atomic E-state index is 4.38. The molecule has 0 saturated carbocycles. The lowest BCUT2D eigenvalue weighted by Crippen LogP contribution is -2.02. The zero-order valence-corrected chi connectivity index (χ0v) is 13.3. The van der Waals surface area contributed by atoms with Crippen molar-refractivity contribution in [1.82, 2.24) is 15.2 Å². The van der Waals surface area contributed by atoms with Crippen molar-refractivity contribution in [2.24, 2.45) is 0 Å². The third-order valence-electron chi connectivity index (χ3n) is 3.01. The molecular formula is C14H13BrN4S. The van der Waals surface area contributed by atoms with Crippen molar-refractivity contribution in [3.8, 4) is 10.6 Å². The number of pyridine rings is 1. The van der Waals surface area contributed by atoms with Crippen LogP contribution in [-0.4, -0.2) is 15.2 Å². The molecule has 102 valence electrons. The molecule has 0 aliphatic heterocycles. The minimum Gasteiger partial charge on any atom is -0.379 e. The standard InChI is InChI=1S/C14H13BrN4S/c1-9-11(4-5-13(15)18-9)16-7-10-8-17-19-14(10)12-3-2-6-20-12/h2-6,8,16H,7H2,1H3,(H,17,19). The number of nitrogens with one attached hydrogen (secondary N) is 2. The average Bonchev–Trinajstić information content (AvgIpc) is 3.08. The van der Waals surface area contributed by atoms with E-state index in [1.54, 1.807) is 11.3 Å². The van der Waals surface area contributed by atoms with Crippen LogP contribution in [-0.2, 0) is 6.54 Å². The molecule has 0 radical (unpaired) electrons. The summed E-state index contributed by atoms with van der Waals surface area (Å²) >= 11 is 5.08. The fourth-order valence-corrected chi connectivity index (χ4v) is 3.14. The van der Waals surface area contributed by atoms with E-state index in [1.165, 1.54) is 4.88 Å². The number of nitrogens with zero attached hydrogens (tertiary/aromatic N) is 2. The van der Waals surface area contributed by atoms with Gasteiger partial charge in [0.25, 0.3) is 0 Å². The van der Waals surface area contributed by atoms with Gasteiger partial charge in [0, 0.05) is 12.1 Å². The van der Waals surface area contributed by atoms with E-state index >= 15 is 0 Å². The molecular weight excluding hydrogens is 336 g/mol. The first-order chi connectivity index (χ1) is 9.74. The van der Waals surface area contributed by atoms with Crippen LogP contribution in [0.15, 0.2) is 40.4 Å². The van der Waals surface area contributed by atoms with Gasteiger partial charge < -0.3 is 5.32 Å². The Kier molecular flexibility index (Phi) is 3.84. The molecule has 0 aliphatic rings. The van der Waals surface area contributed by atoms with Crippen molar-refractivity contribution in [3.63, 3.8) is 0 Å². The summed E-state index contributed by atoms with van der Waals surface area (Å²) in [7, 11) is 0. The Hall–Kier alpha value is -1.66. The van der Waals surface area contributed by atoms with Crippen molar-refractivity contribution in [1.29, 1.82) is 0 Å². The number of halogens is 1. The average molecular weight is 349 g/mol. The molecule has 0 saturated heterocycles. The van der Waals surface area contributed by atoms with Gasteiger partial charge in [-0.25, -0.2) is 4.98 Å². The number of rotatable bonds is 4. The summed E-state index contributed by atoms with van der Waals surface area (Å²) < 4.78 is 0.850. The van der Waals surface area contributed by atoms with Gasteiger partial charge >= 0.3 is 0 Å². The first-order valence-corrected chi connectivity index (χ1v) is 7.84.